The maximum atomic E-state index is 11.8. The van der Waals surface area contributed by atoms with E-state index in [0.29, 0.717) is 5.82 Å². The van der Waals surface area contributed by atoms with Crippen LogP contribution in [0, 0.1) is 0 Å². The molecule has 0 aliphatic rings. The Labute approximate surface area is 110 Å². The minimum absolute atomic E-state index is 0.0108. The van der Waals surface area contributed by atoms with Crippen LogP contribution < -0.4 is 16.8 Å². The molecule has 0 unspecified atom stereocenters. The summed E-state index contributed by atoms with van der Waals surface area (Å²) in [5, 5.41) is 2.52. The third-order valence-corrected chi connectivity index (χ3v) is 2.20. The van der Waals surface area contributed by atoms with Gasteiger partial charge in [-0.3, -0.25) is 4.79 Å². The van der Waals surface area contributed by atoms with Gasteiger partial charge < -0.3 is 21.5 Å². The molecule has 0 radical (unpaired) electrons. The van der Waals surface area contributed by atoms with Crippen molar-refractivity contribution in [3.8, 4) is 0 Å². The van der Waals surface area contributed by atoms with Crippen LogP contribution >= 0.6 is 0 Å². The molecule has 1 rings (SSSR count). The molecule has 8 heteroatoms. The van der Waals surface area contributed by atoms with Crippen LogP contribution in [0.25, 0.3) is 0 Å². The number of hydrogen-bond acceptors (Lipinski definition) is 6. The lowest BCUT2D eigenvalue weighted by Crippen LogP contribution is -2.30. The Balaban J connectivity index is 2.65. The summed E-state index contributed by atoms with van der Waals surface area (Å²) in [5.41, 5.74) is 10.7. The largest absolute Gasteiger partial charge is 0.448 e. The van der Waals surface area contributed by atoms with Crippen LogP contribution in [-0.4, -0.2) is 35.1 Å². The number of carbonyl (C=O) groups is 2. The first-order valence-corrected chi connectivity index (χ1v) is 5.74. The number of ether oxygens (including phenoxy) is 1. The van der Waals surface area contributed by atoms with Crippen LogP contribution in [0.4, 0.5) is 10.5 Å². The molecule has 0 aromatic carbocycles. The Hall–Kier alpha value is -2.38. The average molecular weight is 267 g/mol. The number of primary amides is 1. The number of nitrogen functional groups attached to an aromatic ring is 1. The zero-order valence-corrected chi connectivity index (χ0v) is 10.8. The van der Waals surface area contributed by atoms with Gasteiger partial charge in [0.25, 0.3) is 5.91 Å². The molecule has 5 N–H and O–H groups in total. The zero-order chi connectivity index (χ0) is 14.4. The lowest BCUT2D eigenvalue weighted by Gasteiger charge is -2.09. The number of rotatable bonds is 5. The fourth-order valence-corrected chi connectivity index (χ4v) is 1.26. The Morgan fingerprint density at radius 2 is 2.16 bits per heavy atom. The first-order chi connectivity index (χ1) is 8.91. The van der Waals surface area contributed by atoms with Gasteiger partial charge in [0.1, 0.15) is 12.4 Å². The quantitative estimate of drug-likeness (QED) is 0.643. The molecule has 19 heavy (non-hydrogen) atoms. The Bertz CT molecular complexity index is 475. The van der Waals surface area contributed by atoms with Crippen molar-refractivity contribution in [2.75, 3.05) is 18.9 Å². The number of aromatic nitrogens is 2. The number of nitrogens with one attached hydrogen (secondary N) is 1. The predicted octanol–water partition coefficient (Wildman–Crippen LogP) is 0.00730. The third-order valence-electron chi connectivity index (χ3n) is 2.20. The molecule has 0 fully saturated rings. The summed E-state index contributed by atoms with van der Waals surface area (Å²) in [6, 6.07) is 0. The highest BCUT2D eigenvalue weighted by atomic mass is 16.5. The van der Waals surface area contributed by atoms with Crippen molar-refractivity contribution in [3.63, 3.8) is 0 Å². The summed E-state index contributed by atoms with van der Waals surface area (Å²) >= 11 is 0. The van der Waals surface area contributed by atoms with E-state index in [0.717, 1.165) is 0 Å². The van der Waals surface area contributed by atoms with Gasteiger partial charge in [0, 0.05) is 5.92 Å². The van der Waals surface area contributed by atoms with Gasteiger partial charge in [-0.2, -0.15) is 0 Å². The maximum Gasteiger partial charge on any atom is 0.404 e. The number of nitrogens with two attached hydrogens (primary N) is 2. The molecule has 8 nitrogen and oxygen atoms in total. The van der Waals surface area contributed by atoms with Gasteiger partial charge in [0.2, 0.25) is 0 Å². The summed E-state index contributed by atoms with van der Waals surface area (Å²) in [6.45, 7) is 3.94. The van der Waals surface area contributed by atoms with Gasteiger partial charge >= 0.3 is 6.09 Å². The summed E-state index contributed by atoms with van der Waals surface area (Å²) < 4.78 is 4.48. The van der Waals surface area contributed by atoms with Gasteiger partial charge in [-0.15, -0.1) is 0 Å². The van der Waals surface area contributed by atoms with Gasteiger partial charge in [-0.1, -0.05) is 13.8 Å². The summed E-state index contributed by atoms with van der Waals surface area (Å²) in [4.78, 5) is 30.3. The highest BCUT2D eigenvalue weighted by Crippen LogP contribution is 2.13. The first kappa shape index (κ1) is 14.7. The van der Waals surface area contributed by atoms with Crippen molar-refractivity contribution >= 4 is 17.7 Å². The average Bonchev–Trinajstić information content (AvgIpc) is 2.34. The highest BCUT2D eigenvalue weighted by molar-refractivity contribution is 5.96. The second-order valence-electron chi connectivity index (χ2n) is 4.11. The van der Waals surface area contributed by atoms with Gasteiger partial charge in [0.05, 0.1) is 18.4 Å². The summed E-state index contributed by atoms with van der Waals surface area (Å²) in [7, 11) is 0. The second-order valence-corrected chi connectivity index (χ2v) is 4.11. The van der Waals surface area contributed by atoms with Crippen molar-refractivity contribution in [3.05, 3.63) is 17.7 Å². The normalized spacial score (nSPS) is 10.3. The fraction of sp³-hybridized carbons (Fsp3) is 0.455. The SMILES string of the molecule is CC(C)c1ncc(N)c(C(=O)NCCOC(N)=O)n1. The Kier molecular flexibility index (Phi) is 5.04. The molecule has 1 heterocycles. The van der Waals surface area contributed by atoms with Gasteiger partial charge in [0.15, 0.2) is 5.69 Å². The molecule has 1 aromatic rings. The van der Waals surface area contributed by atoms with Crippen LogP contribution in [0.1, 0.15) is 36.1 Å². The smallest absolute Gasteiger partial charge is 0.404 e. The van der Waals surface area contributed by atoms with Crippen LogP contribution in [0.2, 0.25) is 0 Å². The topological polar surface area (TPSA) is 133 Å². The minimum Gasteiger partial charge on any atom is -0.448 e. The first-order valence-electron chi connectivity index (χ1n) is 5.74. The van der Waals surface area contributed by atoms with E-state index in [4.69, 9.17) is 11.5 Å². The number of hydrogen-bond donors (Lipinski definition) is 3. The summed E-state index contributed by atoms with van der Waals surface area (Å²) in [6.07, 6.45) is 0.509. The monoisotopic (exact) mass is 267 g/mol. The number of carbonyl (C=O) groups excluding carboxylic acids is 2. The lowest BCUT2D eigenvalue weighted by atomic mass is 10.2. The highest BCUT2D eigenvalue weighted by Gasteiger charge is 2.14. The zero-order valence-electron chi connectivity index (χ0n) is 10.8. The lowest BCUT2D eigenvalue weighted by molar-refractivity contribution is 0.0932. The van der Waals surface area contributed by atoms with Crippen LogP contribution in [0.3, 0.4) is 0 Å². The molecule has 1 aromatic heterocycles. The van der Waals surface area contributed by atoms with Gasteiger partial charge in [-0.25, -0.2) is 14.8 Å². The van der Waals surface area contributed by atoms with E-state index in [1.807, 2.05) is 13.8 Å². The van der Waals surface area contributed by atoms with E-state index in [2.05, 4.69) is 20.0 Å². The number of anilines is 1. The van der Waals surface area contributed by atoms with Crippen molar-refractivity contribution < 1.29 is 14.3 Å². The fourth-order valence-electron chi connectivity index (χ4n) is 1.26. The van der Waals surface area contributed by atoms with Crippen molar-refractivity contribution in [1.82, 2.24) is 15.3 Å². The van der Waals surface area contributed by atoms with E-state index < -0.39 is 12.0 Å². The molecule has 0 atom stereocenters. The molecule has 0 aliphatic heterocycles. The molecule has 0 aliphatic carbocycles. The van der Waals surface area contributed by atoms with Crippen LogP contribution in [-0.2, 0) is 4.74 Å². The van der Waals surface area contributed by atoms with E-state index in [9.17, 15) is 9.59 Å². The van der Waals surface area contributed by atoms with Crippen molar-refractivity contribution in [2.24, 2.45) is 5.73 Å². The Morgan fingerprint density at radius 3 is 2.74 bits per heavy atom. The molecular formula is C11H17N5O3. The molecule has 0 saturated carbocycles. The standard InChI is InChI=1S/C11H17N5O3/c1-6(2)9-15-5-7(12)8(16-9)10(17)14-3-4-19-11(13)18/h5-6H,3-4,12H2,1-2H3,(H2,13,18)(H,14,17). The molecular weight excluding hydrogens is 250 g/mol. The minimum atomic E-state index is -0.891. The van der Waals surface area contributed by atoms with Crippen molar-refractivity contribution in [1.29, 1.82) is 0 Å². The molecule has 0 saturated heterocycles. The Morgan fingerprint density at radius 1 is 1.47 bits per heavy atom. The van der Waals surface area contributed by atoms with Crippen molar-refractivity contribution in [2.45, 2.75) is 19.8 Å². The number of amides is 2. The third kappa shape index (κ3) is 4.41. The second kappa shape index (κ2) is 6.53. The van der Waals surface area contributed by atoms with E-state index in [-0.39, 0.29) is 30.5 Å². The molecule has 2 amide bonds. The molecule has 104 valence electrons. The van der Waals surface area contributed by atoms with Crippen LogP contribution in [0.5, 0.6) is 0 Å². The van der Waals surface area contributed by atoms with E-state index in [1.165, 1.54) is 6.20 Å². The molecule has 0 bridgehead atoms. The van der Waals surface area contributed by atoms with E-state index >= 15 is 0 Å². The van der Waals surface area contributed by atoms with E-state index in [1.54, 1.807) is 0 Å². The number of nitrogens with zero attached hydrogens (tertiary/aromatic N) is 2. The van der Waals surface area contributed by atoms with Crippen LogP contribution in [0.15, 0.2) is 6.20 Å². The predicted molar refractivity (Wildman–Crippen MR) is 68.4 cm³/mol. The maximum absolute atomic E-state index is 11.8. The summed E-state index contributed by atoms with van der Waals surface area (Å²) in [5.74, 6) is 0.174. The molecule has 0 spiro atoms. The van der Waals surface area contributed by atoms with Gasteiger partial charge in [-0.05, 0) is 0 Å².